The molecule has 37 heteroatoms. The normalized spacial score (nSPS) is 21.4. The van der Waals surface area contributed by atoms with Crippen LogP contribution in [-0.2, 0) is 86.4 Å². The van der Waals surface area contributed by atoms with Gasteiger partial charge in [0.15, 0.2) is 5.96 Å². The summed E-state index contributed by atoms with van der Waals surface area (Å²) in [7, 11) is 1.66. The number of primary amides is 2. The highest BCUT2D eigenvalue weighted by atomic mass is 33.1. The smallest absolute Gasteiger partial charge is 0.303 e. The zero-order chi connectivity index (χ0) is 77.6. The third-order valence-corrected chi connectivity index (χ3v) is 19.9. The number of halogens is 1. The molecule has 9 atom stereocenters. The SMILES string of the molecule is CC(C)[C@@H]1NC(=O)[C@@H](NC(=O)[C@H](Cc2ccc(O)cc2)NC(=O)CN(C(=O)CCN)C2CCCC2)CSSC[C@@H](C(N)=O)NC(=O)[C@H](CCC(=O)O)NC(=O)[C@H](Cc2c[nH]c3ccccc23)NC(=O)[C@H](CCC(N)=O)NC(=O)CCNC(=O)[C@H](CCCN=C(N)N)NC(=O)[C@H](Cc2ccccc2F)NC1=O. The summed E-state index contributed by atoms with van der Waals surface area (Å²) < 4.78 is 15.6. The summed E-state index contributed by atoms with van der Waals surface area (Å²) in [5.41, 5.74) is 29.7. The third-order valence-electron chi connectivity index (χ3n) is 17.5. The summed E-state index contributed by atoms with van der Waals surface area (Å²) in [6, 6.07) is 2.98. The van der Waals surface area contributed by atoms with E-state index in [1.165, 1.54) is 61.2 Å². The Morgan fingerprint density at radius 2 is 1.26 bits per heavy atom. The van der Waals surface area contributed by atoms with Gasteiger partial charge in [-0.2, -0.15) is 0 Å². The molecule has 1 aliphatic carbocycles. The number of phenolic OH excluding ortho intramolecular Hbond substituents is 1. The van der Waals surface area contributed by atoms with Crippen LogP contribution in [0.3, 0.4) is 0 Å². The van der Waals surface area contributed by atoms with E-state index in [0.29, 0.717) is 34.9 Å². The molecule has 2 heterocycles. The largest absolute Gasteiger partial charge is 0.508 e. The Morgan fingerprint density at radius 1 is 0.670 bits per heavy atom. The minimum Gasteiger partial charge on any atom is -0.508 e. The van der Waals surface area contributed by atoms with Gasteiger partial charge in [-0.25, -0.2) is 4.39 Å². The van der Waals surface area contributed by atoms with Gasteiger partial charge in [-0.15, -0.1) is 0 Å². The minimum atomic E-state index is -1.76. The van der Waals surface area contributed by atoms with Crippen molar-refractivity contribution in [1.29, 1.82) is 0 Å². The van der Waals surface area contributed by atoms with Gasteiger partial charge in [-0.05, 0) is 85.4 Å². The first-order valence-corrected chi connectivity index (χ1v) is 37.1. The number of rotatable bonds is 26. The molecule has 106 heavy (non-hydrogen) atoms. The Balaban J connectivity index is 1.42. The summed E-state index contributed by atoms with van der Waals surface area (Å²) in [5.74, 6) is -16.5. The highest BCUT2D eigenvalue weighted by Crippen LogP contribution is 2.26. The van der Waals surface area contributed by atoms with Crippen molar-refractivity contribution in [3.8, 4) is 5.75 Å². The summed E-state index contributed by atoms with van der Waals surface area (Å²) in [4.78, 5) is 205. The summed E-state index contributed by atoms with van der Waals surface area (Å²) >= 11 is 0. The van der Waals surface area contributed by atoms with Crippen molar-refractivity contribution >= 4 is 121 Å². The molecule has 1 aliphatic heterocycles. The number of nitrogens with two attached hydrogens (primary N) is 5. The van der Waals surface area contributed by atoms with E-state index in [1.54, 1.807) is 30.5 Å². The first-order chi connectivity index (χ1) is 50.5. The predicted octanol–water partition coefficient (Wildman–Crippen LogP) is -2.25. The van der Waals surface area contributed by atoms with E-state index in [2.05, 4.69) is 63.1 Å². The zero-order valence-electron chi connectivity index (χ0n) is 58.8. The number of aromatic amines is 1. The van der Waals surface area contributed by atoms with Crippen molar-refractivity contribution in [3.63, 3.8) is 0 Å². The van der Waals surface area contributed by atoms with Crippen LogP contribution in [-0.4, -0.2) is 207 Å². The van der Waals surface area contributed by atoms with Gasteiger partial charge < -0.3 is 102 Å². The molecule has 0 spiro atoms. The van der Waals surface area contributed by atoms with Gasteiger partial charge in [0, 0.05) is 99.2 Å². The Hall–Kier alpha value is -10.6. The number of hydrogen-bond donors (Lipinski definition) is 18. The van der Waals surface area contributed by atoms with Crippen LogP contribution in [0.25, 0.3) is 10.9 Å². The second kappa shape index (κ2) is 42.4. The van der Waals surface area contributed by atoms with Crippen LogP contribution in [0.5, 0.6) is 5.75 Å². The van der Waals surface area contributed by atoms with Crippen molar-refractivity contribution in [2.24, 2.45) is 39.6 Å². The minimum absolute atomic E-state index is 0.000798. The fourth-order valence-corrected chi connectivity index (χ4v) is 14.1. The maximum Gasteiger partial charge on any atom is 0.303 e. The topological polar surface area (TPSA) is 561 Å². The lowest BCUT2D eigenvalue weighted by atomic mass is 10.00. The van der Waals surface area contributed by atoms with Crippen LogP contribution >= 0.6 is 21.6 Å². The van der Waals surface area contributed by atoms with Crippen LogP contribution in [0.1, 0.15) is 108 Å². The van der Waals surface area contributed by atoms with Crippen LogP contribution in [0, 0.1) is 11.7 Å². The Labute approximate surface area is 618 Å². The van der Waals surface area contributed by atoms with E-state index in [9.17, 15) is 72.5 Å². The van der Waals surface area contributed by atoms with E-state index < -0.39 is 206 Å². The number of fused-ring (bicyclic) bond motifs is 1. The highest BCUT2D eigenvalue weighted by Gasteiger charge is 2.38. The number of hydrogen-bond acceptors (Lipinski definition) is 19. The maximum absolute atomic E-state index is 15.6. The van der Waals surface area contributed by atoms with Gasteiger partial charge in [0.25, 0.3) is 0 Å². The van der Waals surface area contributed by atoms with Crippen molar-refractivity contribution in [1.82, 2.24) is 63.1 Å². The van der Waals surface area contributed by atoms with Gasteiger partial charge in [0.2, 0.25) is 76.8 Å². The van der Waals surface area contributed by atoms with Gasteiger partial charge >= 0.3 is 5.97 Å². The second-order valence-corrected chi connectivity index (χ2v) is 28.5. The molecule has 2 aliphatic rings. The molecule has 6 rings (SSSR count). The molecular weight excluding hydrogens is 1420 g/mol. The standard InChI is InChI=1S/C69H95FN18O16S2/c1-37(2)59-68(104)84-50(31-39-10-3-7-14-44(39)70)65(101)81-46(16-9-28-77-69(74)75)61(97)76-29-26-55(91)79-47(21-23-54(72)90)62(98)83-51(32-40-33-78-45-15-8-6-13-43(40)45)66(102)82-48(22-24-58(94)95)63(99)85-52(60(73)96)35-105-106-36-53(67(103)87-59)86-64(100)49(30-38-17-19-42(89)20-18-38)80-56(92)34-88(57(93)25-27-71)41-11-4-5-12-41/h3,6-8,10,13-15,17-20,33,37,41,46-53,59,78,89H,4-5,9,11-12,16,21-32,34-36,71H2,1-2H3,(H2,72,90)(H2,73,96)(H,76,97)(H,79,91)(H,80,92)(H,81,101)(H,82,102)(H,83,98)(H,84,104)(H,85,99)(H,86,100)(H,87,103)(H,94,95)(H4,74,75,77)/t46-,47-,48-,49-,50-,51-,52-,53-,59-/m0/s1. The number of aliphatic imine (C=N–C) groups is 1. The number of H-pyrrole nitrogens is 1. The maximum atomic E-state index is 15.6. The Kier molecular flexibility index (Phi) is 33.8. The first-order valence-electron chi connectivity index (χ1n) is 34.6. The number of aromatic hydroxyl groups is 1. The molecule has 4 aromatic rings. The van der Waals surface area contributed by atoms with Gasteiger partial charge in [0.1, 0.15) is 65.9 Å². The molecule has 576 valence electrons. The average Bonchev–Trinajstić information content (AvgIpc) is 1.65. The second-order valence-electron chi connectivity index (χ2n) is 26.0. The molecule has 34 nitrogen and oxygen atoms in total. The molecule has 1 aromatic heterocycles. The molecular formula is C69H95FN18O16S2. The summed E-state index contributed by atoms with van der Waals surface area (Å²) in [6.45, 7) is 2.08. The molecule has 2 fully saturated rings. The quantitative estimate of drug-likeness (QED) is 0.0137. The van der Waals surface area contributed by atoms with E-state index in [0.717, 1.165) is 40.5 Å². The van der Waals surface area contributed by atoms with Gasteiger partial charge in [-0.1, -0.05) is 96.8 Å². The van der Waals surface area contributed by atoms with Crippen molar-refractivity contribution in [3.05, 3.63) is 102 Å². The molecule has 13 amide bonds. The van der Waals surface area contributed by atoms with E-state index in [4.69, 9.17) is 28.7 Å². The summed E-state index contributed by atoms with van der Waals surface area (Å²) in [6.07, 6.45) is 0.320. The number of aromatic nitrogens is 1. The lowest BCUT2D eigenvalue weighted by Crippen LogP contribution is -2.61. The summed E-state index contributed by atoms with van der Waals surface area (Å²) in [5, 5.41) is 46.4. The third kappa shape index (κ3) is 27.5. The highest BCUT2D eigenvalue weighted by molar-refractivity contribution is 8.76. The molecule has 0 unspecified atom stereocenters. The molecule has 3 aromatic carbocycles. The van der Waals surface area contributed by atoms with Crippen LogP contribution in [0.4, 0.5) is 4.39 Å². The lowest BCUT2D eigenvalue weighted by molar-refractivity contribution is -0.139. The molecule has 0 bridgehead atoms. The van der Waals surface area contributed by atoms with Crippen LogP contribution in [0.2, 0.25) is 0 Å². The first kappa shape index (κ1) is 84.4. The van der Waals surface area contributed by atoms with Gasteiger partial charge in [-0.3, -0.25) is 72.1 Å². The van der Waals surface area contributed by atoms with Crippen LogP contribution < -0.4 is 81.8 Å². The predicted molar refractivity (Wildman–Crippen MR) is 391 cm³/mol. The Bertz CT molecular complexity index is 3800. The average molecular weight is 1520 g/mol. The number of para-hydroxylation sites is 1. The number of nitrogens with zero attached hydrogens (tertiary/aromatic N) is 2. The van der Waals surface area contributed by atoms with Gasteiger partial charge in [0.05, 0.1) is 6.54 Å². The zero-order valence-corrected chi connectivity index (χ0v) is 60.4. The van der Waals surface area contributed by atoms with E-state index in [1.807, 2.05) is 0 Å². The number of guanidine groups is 1. The fraction of sp³-hybridized carbons (Fsp3) is 0.493. The van der Waals surface area contributed by atoms with Crippen molar-refractivity contribution in [2.45, 2.75) is 171 Å². The van der Waals surface area contributed by atoms with Crippen LogP contribution in [0.15, 0.2) is 84.0 Å². The number of carboxylic acids is 1. The van der Waals surface area contributed by atoms with E-state index >= 15 is 9.18 Å². The number of amides is 13. The van der Waals surface area contributed by atoms with E-state index in [-0.39, 0.29) is 74.4 Å². The number of aliphatic carboxylic acids is 1. The number of benzene rings is 3. The fourth-order valence-electron chi connectivity index (χ4n) is 11.8. The monoisotopic (exact) mass is 1510 g/mol. The molecule has 1 saturated carbocycles. The molecule has 23 N–H and O–H groups in total. The number of nitrogens with one attached hydrogen (secondary N) is 11. The molecule has 1 saturated heterocycles. The number of carboxylic acid groups (broad SMARTS) is 1. The Morgan fingerprint density at radius 3 is 1.91 bits per heavy atom. The number of carbonyl (C=O) groups is 14. The number of carbonyl (C=O) groups excluding carboxylic acids is 13. The lowest BCUT2D eigenvalue weighted by Gasteiger charge is -2.30. The van der Waals surface area contributed by atoms with Crippen molar-refractivity contribution in [2.75, 3.05) is 37.7 Å². The number of phenols is 1. The molecule has 0 radical (unpaired) electrons. The van der Waals surface area contributed by atoms with Crippen molar-refractivity contribution < 1.29 is 81.7 Å².